The highest BCUT2D eigenvalue weighted by Gasteiger charge is 2.25. The predicted octanol–water partition coefficient (Wildman–Crippen LogP) is 2.32. The van der Waals surface area contributed by atoms with Crippen molar-refractivity contribution in [3.05, 3.63) is 64.1 Å². The van der Waals surface area contributed by atoms with Gasteiger partial charge in [0.2, 0.25) is 0 Å². The summed E-state index contributed by atoms with van der Waals surface area (Å²) in [6, 6.07) is 12.7. The quantitative estimate of drug-likeness (QED) is 0.508. The topological polar surface area (TPSA) is 102 Å². The van der Waals surface area contributed by atoms with Crippen molar-refractivity contribution in [3.8, 4) is 5.75 Å². The van der Waals surface area contributed by atoms with Crippen LogP contribution in [0.1, 0.15) is 36.1 Å². The predicted molar refractivity (Wildman–Crippen MR) is 114 cm³/mol. The second kappa shape index (κ2) is 9.00. The van der Waals surface area contributed by atoms with E-state index in [2.05, 4.69) is 9.88 Å². The molecule has 1 fully saturated rings. The van der Waals surface area contributed by atoms with Crippen molar-refractivity contribution >= 4 is 23.4 Å². The van der Waals surface area contributed by atoms with Gasteiger partial charge in [-0.25, -0.2) is 4.79 Å². The average Bonchev–Trinajstić information content (AvgIpc) is 3.04. The standard InChI is InChI=1S/C21H25N3O4.ClH/c25-13-15-11-14(5-6-19(15)26)20(27)12-23-9-7-16(8-10-23)24-18-4-2-1-3-17(18)22-21(24)28;/h1-6,11,16,20,25-27H,7-10,12-13H2,(H,22,28);1H. The minimum atomic E-state index is -0.696. The van der Waals surface area contributed by atoms with Crippen molar-refractivity contribution in [2.45, 2.75) is 31.6 Å². The Labute approximate surface area is 174 Å². The Kier molecular flexibility index (Phi) is 6.64. The highest BCUT2D eigenvalue weighted by molar-refractivity contribution is 5.85. The maximum absolute atomic E-state index is 12.4. The SMILES string of the molecule is Cl.O=c1[nH]c2ccccc2n1C1CCN(CC(O)c2ccc(O)c(CO)c2)CC1. The number of fused-ring (bicyclic) bond motifs is 1. The van der Waals surface area contributed by atoms with Crippen LogP contribution in [-0.4, -0.2) is 49.4 Å². The fraction of sp³-hybridized carbons (Fsp3) is 0.381. The first kappa shape index (κ1) is 21.4. The maximum atomic E-state index is 12.4. The van der Waals surface area contributed by atoms with Gasteiger partial charge >= 0.3 is 5.69 Å². The minimum Gasteiger partial charge on any atom is -0.508 e. The van der Waals surface area contributed by atoms with Crippen LogP contribution in [0.25, 0.3) is 11.0 Å². The molecule has 1 aliphatic rings. The molecule has 1 aliphatic heterocycles. The summed E-state index contributed by atoms with van der Waals surface area (Å²) < 4.78 is 1.86. The summed E-state index contributed by atoms with van der Waals surface area (Å²) in [4.78, 5) is 17.5. The van der Waals surface area contributed by atoms with Crippen LogP contribution in [0.4, 0.5) is 0 Å². The molecule has 1 unspecified atom stereocenters. The Morgan fingerprint density at radius 2 is 1.86 bits per heavy atom. The number of aromatic nitrogens is 2. The fourth-order valence-corrected chi connectivity index (χ4v) is 4.09. The molecule has 3 aromatic rings. The van der Waals surface area contributed by atoms with Crippen molar-refractivity contribution in [1.82, 2.24) is 14.5 Å². The third kappa shape index (κ3) is 4.33. The zero-order valence-electron chi connectivity index (χ0n) is 16.0. The van der Waals surface area contributed by atoms with Gasteiger partial charge in [-0.05, 0) is 42.7 Å². The van der Waals surface area contributed by atoms with Gasteiger partial charge in [-0.15, -0.1) is 12.4 Å². The van der Waals surface area contributed by atoms with Crippen LogP contribution in [0.2, 0.25) is 0 Å². The number of imidazole rings is 1. The van der Waals surface area contributed by atoms with Crippen molar-refractivity contribution < 1.29 is 15.3 Å². The molecule has 29 heavy (non-hydrogen) atoms. The zero-order chi connectivity index (χ0) is 19.7. The Hall–Kier alpha value is -2.32. The van der Waals surface area contributed by atoms with Gasteiger partial charge in [0.25, 0.3) is 0 Å². The number of rotatable bonds is 5. The molecule has 1 aromatic heterocycles. The molecule has 0 saturated carbocycles. The van der Waals surface area contributed by atoms with E-state index in [9.17, 15) is 20.1 Å². The monoisotopic (exact) mass is 419 g/mol. The normalized spacial score (nSPS) is 16.6. The van der Waals surface area contributed by atoms with E-state index >= 15 is 0 Å². The minimum absolute atomic E-state index is 0. The van der Waals surface area contributed by atoms with E-state index in [0.717, 1.165) is 37.0 Å². The average molecular weight is 420 g/mol. The van der Waals surface area contributed by atoms with Crippen molar-refractivity contribution in [2.75, 3.05) is 19.6 Å². The van der Waals surface area contributed by atoms with Crippen LogP contribution in [0.5, 0.6) is 5.75 Å². The van der Waals surface area contributed by atoms with Gasteiger partial charge in [-0.3, -0.25) is 4.57 Å². The number of aliphatic hydroxyl groups is 2. The van der Waals surface area contributed by atoms with E-state index in [1.165, 1.54) is 6.07 Å². The van der Waals surface area contributed by atoms with Crippen molar-refractivity contribution in [3.63, 3.8) is 0 Å². The number of aromatic amines is 1. The number of halogens is 1. The second-order valence-corrected chi connectivity index (χ2v) is 7.41. The molecular weight excluding hydrogens is 394 g/mol. The number of hydrogen-bond acceptors (Lipinski definition) is 5. The molecule has 0 spiro atoms. The van der Waals surface area contributed by atoms with Gasteiger partial charge in [0.15, 0.2) is 0 Å². The molecule has 1 saturated heterocycles. The number of phenols is 1. The van der Waals surface area contributed by atoms with Gasteiger partial charge < -0.3 is 25.2 Å². The van der Waals surface area contributed by atoms with E-state index in [0.29, 0.717) is 17.7 Å². The Morgan fingerprint density at radius 3 is 2.59 bits per heavy atom. The number of likely N-dealkylation sites (tertiary alicyclic amines) is 1. The lowest BCUT2D eigenvalue weighted by Gasteiger charge is -2.33. The van der Waals surface area contributed by atoms with E-state index in [1.807, 2.05) is 28.8 Å². The van der Waals surface area contributed by atoms with Crippen LogP contribution >= 0.6 is 12.4 Å². The number of para-hydroxylation sites is 2. The summed E-state index contributed by atoms with van der Waals surface area (Å²) in [5.41, 5.74) is 2.81. The van der Waals surface area contributed by atoms with Gasteiger partial charge in [-0.1, -0.05) is 18.2 Å². The number of hydrogen-bond donors (Lipinski definition) is 4. The number of nitrogens with one attached hydrogen (secondary N) is 1. The Bertz CT molecular complexity index is 1020. The summed E-state index contributed by atoms with van der Waals surface area (Å²) >= 11 is 0. The smallest absolute Gasteiger partial charge is 0.326 e. The number of H-pyrrole nitrogens is 1. The molecule has 1 atom stereocenters. The lowest BCUT2D eigenvalue weighted by Crippen LogP contribution is -2.39. The first-order valence-electron chi connectivity index (χ1n) is 9.59. The van der Waals surface area contributed by atoms with E-state index < -0.39 is 6.10 Å². The molecule has 0 aliphatic carbocycles. The third-order valence-electron chi connectivity index (χ3n) is 5.64. The molecule has 4 rings (SSSR count). The number of aliphatic hydroxyl groups excluding tert-OH is 2. The van der Waals surface area contributed by atoms with Gasteiger partial charge in [0, 0.05) is 31.2 Å². The molecule has 2 heterocycles. The van der Waals surface area contributed by atoms with E-state index in [-0.39, 0.29) is 36.5 Å². The van der Waals surface area contributed by atoms with Crippen molar-refractivity contribution in [2.24, 2.45) is 0 Å². The molecule has 0 bridgehead atoms. The zero-order valence-corrected chi connectivity index (χ0v) is 16.8. The molecule has 4 N–H and O–H groups in total. The highest BCUT2D eigenvalue weighted by Crippen LogP contribution is 2.27. The summed E-state index contributed by atoms with van der Waals surface area (Å²) in [5, 5.41) is 29.5. The van der Waals surface area contributed by atoms with Gasteiger partial charge in [-0.2, -0.15) is 0 Å². The maximum Gasteiger partial charge on any atom is 0.326 e. The van der Waals surface area contributed by atoms with Crippen LogP contribution in [-0.2, 0) is 6.61 Å². The van der Waals surface area contributed by atoms with Crippen LogP contribution in [0.3, 0.4) is 0 Å². The molecule has 8 heteroatoms. The first-order chi connectivity index (χ1) is 13.6. The Morgan fingerprint density at radius 1 is 1.14 bits per heavy atom. The summed E-state index contributed by atoms with van der Waals surface area (Å²) in [7, 11) is 0. The number of nitrogens with zero attached hydrogens (tertiary/aromatic N) is 2. The van der Waals surface area contributed by atoms with Crippen LogP contribution in [0.15, 0.2) is 47.3 Å². The molecule has 2 aromatic carbocycles. The lowest BCUT2D eigenvalue weighted by atomic mass is 10.0. The molecule has 7 nitrogen and oxygen atoms in total. The van der Waals surface area contributed by atoms with Crippen LogP contribution in [0, 0.1) is 0 Å². The largest absolute Gasteiger partial charge is 0.508 e. The highest BCUT2D eigenvalue weighted by atomic mass is 35.5. The van der Waals surface area contributed by atoms with Crippen LogP contribution < -0.4 is 5.69 Å². The van der Waals surface area contributed by atoms with Gasteiger partial charge in [0.05, 0.1) is 23.7 Å². The molecule has 0 radical (unpaired) electrons. The van der Waals surface area contributed by atoms with Crippen molar-refractivity contribution in [1.29, 1.82) is 0 Å². The number of β-amino-alcohol motifs (C(OH)–C–C–N with tert-alkyl or cyclic N) is 1. The molecule has 0 amide bonds. The molecular formula is C21H26ClN3O4. The molecule has 156 valence electrons. The summed E-state index contributed by atoms with van der Waals surface area (Å²) in [5.74, 6) is 0.0310. The number of piperidine rings is 1. The Balaban J connectivity index is 0.00000240. The van der Waals surface area contributed by atoms with E-state index in [1.54, 1.807) is 12.1 Å². The fourth-order valence-electron chi connectivity index (χ4n) is 4.09. The van der Waals surface area contributed by atoms with Gasteiger partial charge in [0.1, 0.15) is 5.75 Å². The third-order valence-corrected chi connectivity index (χ3v) is 5.64. The summed E-state index contributed by atoms with van der Waals surface area (Å²) in [6.07, 6.45) is 0.982. The first-order valence-corrected chi connectivity index (χ1v) is 9.59. The second-order valence-electron chi connectivity index (χ2n) is 7.41. The number of benzene rings is 2. The lowest BCUT2D eigenvalue weighted by molar-refractivity contribution is 0.0905. The number of aromatic hydroxyl groups is 1. The van der Waals surface area contributed by atoms with E-state index in [4.69, 9.17) is 0 Å². The summed E-state index contributed by atoms with van der Waals surface area (Å²) in [6.45, 7) is 1.79.